The van der Waals surface area contributed by atoms with Crippen LogP contribution < -0.4 is 5.32 Å². The zero-order chi connectivity index (χ0) is 17.0. The molecule has 0 spiro atoms. The molecule has 9 heteroatoms. The number of morpholine rings is 2. The lowest BCUT2D eigenvalue weighted by Gasteiger charge is -2.29. The van der Waals surface area contributed by atoms with Crippen LogP contribution in [0.3, 0.4) is 0 Å². The van der Waals surface area contributed by atoms with Gasteiger partial charge in [-0.05, 0) is 36.5 Å². The Morgan fingerprint density at radius 2 is 1.50 bits per heavy atom. The summed E-state index contributed by atoms with van der Waals surface area (Å²) in [4.78, 5) is 2.32. The van der Waals surface area contributed by atoms with Gasteiger partial charge in [0.1, 0.15) is 0 Å². The predicted molar refractivity (Wildman–Crippen MR) is 94.6 cm³/mol. The van der Waals surface area contributed by atoms with Gasteiger partial charge in [-0.25, -0.2) is 8.42 Å². The predicted octanol–water partition coefficient (Wildman–Crippen LogP) is 0.736. The van der Waals surface area contributed by atoms with E-state index in [1.165, 1.54) is 4.31 Å². The second-order valence-electron chi connectivity index (χ2n) is 5.57. The van der Waals surface area contributed by atoms with Crippen molar-refractivity contribution in [3.05, 3.63) is 24.3 Å². The average molecular weight is 371 g/mol. The van der Waals surface area contributed by atoms with Crippen molar-refractivity contribution in [1.82, 2.24) is 9.21 Å². The van der Waals surface area contributed by atoms with Crippen molar-refractivity contribution in [3.63, 3.8) is 0 Å². The molecule has 0 atom stereocenters. The molecule has 0 aromatic heterocycles. The van der Waals surface area contributed by atoms with Gasteiger partial charge < -0.3 is 19.7 Å². The summed E-state index contributed by atoms with van der Waals surface area (Å²) < 4.78 is 37.1. The number of rotatable bonds is 3. The Balaban J connectivity index is 1.65. The number of thiocarbonyl (C=S) groups is 1. The third-order valence-corrected chi connectivity index (χ3v) is 6.28. The van der Waals surface area contributed by atoms with E-state index in [9.17, 15) is 8.42 Å². The maximum Gasteiger partial charge on any atom is 0.243 e. The minimum absolute atomic E-state index is 0.284. The molecule has 2 aliphatic rings. The first-order valence-corrected chi connectivity index (χ1v) is 9.74. The minimum Gasteiger partial charge on any atom is -0.379 e. The van der Waals surface area contributed by atoms with Crippen molar-refractivity contribution in [2.75, 3.05) is 57.9 Å². The van der Waals surface area contributed by atoms with Crippen LogP contribution in [-0.4, -0.2) is 75.3 Å². The number of sulfonamides is 1. The molecule has 7 nitrogen and oxygen atoms in total. The molecule has 0 saturated carbocycles. The van der Waals surface area contributed by atoms with Crippen LogP contribution in [0.5, 0.6) is 0 Å². The number of ether oxygens (including phenoxy) is 2. The van der Waals surface area contributed by atoms with E-state index in [1.54, 1.807) is 24.3 Å². The molecule has 24 heavy (non-hydrogen) atoms. The van der Waals surface area contributed by atoms with Crippen molar-refractivity contribution >= 4 is 33.0 Å². The molecule has 2 aliphatic heterocycles. The summed E-state index contributed by atoms with van der Waals surface area (Å²) in [5.41, 5.74) is 0.771. The van der Waals surface area contributed by atoms with E-state index in [2.05, 4.69) is 5.32 Å². The monoisotopic (exact) mass is 371 g/mol. The highest BCUT2D eigenvalue weighted by Gasteiger charge is 2.26. The Morgan fingerprint density at radius 3 is 2.08 bits per heavy atom. The van der Waals surface area contributed by atoms with Crippen molar-refractivity contribution in [1.29, 1.82) is 0 Å². The van der Waals surface area contributed by atoms with Gasteiger partial charge in [-0.3, -0.25) is 0 Å². The van der Waals surface area contributed by atoms with E-state index in [4.69, 9.17) is 21.7 Å². The molecule has 1 aromatic carbocycles. The summed E-state index contributed by atoms with van der Waals surface area (Å²) in [5, 5.41) is 3.77. The molecule has 1 aromatic rings. The van der Waals surface area contributed by atoms with Crippen molar-refractivity contribution in [3.8, 4) is 0 Å². The average Bonchev–Trinajstić information content (AvgIpc) is 2.63. The third-order valence-electron chi connectivity index (χ3n) is 4.01. The number of anilines is 1. The summed E-state index contributed by atoms with van der Waals surface area (Å²) in [6, 6.07) is 6.68. The van der Waals surface area contributed by atoms with Gasteiger partial charge in [0, 0.05) is 31.9 Å². The molecule has 2 heterocycles. The Hall–Kier alpha value is -1.26. The van der Waals surface area contributed by atoms with Crippen LogP contribution in [0.4, 0.5) is 5.69 Å². The van der Waals surface area contributed by atoms with Gasteiger partial charge in [-0.15, -0.1) is 0 Å². The molecular weight excluding hydrogens is 350 g/mol. The first-order valence-electron chi connectivity index (χ1n) is 7.89. The van der Waals surface area contributed by atoms with Crippen LogP contribution in [0.25, 0.3) is 0 Å². The largest absolute Gasteiger partial charge is 0.379 e. The summed E-state index contributed by atoms with van der Waals surface area (Å²) in [6.45, 7) is 4.51. The summed E-state index contributed by atoms with van der Waals surface area (Å²) in [5.74, 6) is 0. The van der Waals surface area contributed by atoms with Gasteiger partial charge in [0.25, 0.3) is 0 Å². The van der Waals surface area contributed by atoms with Crippen LogP contribution >= 0.6 is 12.2 Å². The Bertz CT molecular complexity index is 666. The lowest BCUT2D eigenvalue weighted by atomic mass is 10.3. The van der Waals surface area contributed by atoms with Gasteiger partial charge >= 0.3 is 0 Å². The summed E-state index contributed by atoms with van der Waals surface area (Å²) in [7, 11) is -3.46. The fourth-order valence-electron chi connectivity index (χ4n) is 2.62. The standard InChI is InChI=1S/C15H21N3O4S2/c19-24(20,18-7-11-22-12-8-18)14-3-1-13(2-4-14)16-15(23)17-5-9-21-10-6-17/h1-4H,5-12H2,(H,16,23). The number of nitrogens with one attached hydrogen (secondary N) is 1. The molecule has 0 unspecified atom stereocenters. The van der Waals surface area contributed by atoms with Crippen molar-refractivity contribution in [2.24, 2.45) is 0 Å². The molecule has 2 saturated heterocycles. The third kappa shape index (κ3) is 4.04. The maximum absolute atomic E-state index is 12.6. The number of nitrogens with zero attached hydrogens (tertiary/aromatic N) is 2. The summed E-state index contributed by atoms with van der Waals surface area (Å²) >= 11 is 5.38. The Labute approximate surface area is 147 Å². The molecule has 0 radical (unpaired) electrons. The molecule has 0 bridgehead atoms. The van der Waals surface area contributed by atoms with Gasteiger partial charge in [0.15, 0.2) is 5.11 Å². The quantitative estimate of drug-likeness (QED) is 0.786. The Kier molecular flexibility index (Phi) is 5.67. The first-order chi connectivity index (χ1) is 11.6. The number of benzene rings is 1. The molecule has 1 N–H and O–H groups in total. The lowest BCUT2D eigenvalue weighted by molar-refractivity contribution is 0.0690. The second kappa shape index (κ2) is 7.75. The van der Waals surface area contributed by atoms with E-state index in [-0.39, 0.29) is 4.90 Å². The lowest BCUT2D eigenvalue weighted by Crippen LogP contribution is -2.42. The minimum atomic E-state index is -3.46. The highest BCUT2D eigenvalue weighted by atomic mass is 32.2. The van der Waals surface area contributed by atoms with Crippen LogP contribution in [0, 0.1) is 0 Å². The highest BCUT2D eigenvalue weighted by Crippen LogP contribution is 2.19. The van der Waals surface area contributed by atoms with Crippen molar-refractivity contribution in [2.45, 2.75) is 4.90 Å². The molecule has 0 amide bonds. The topological polar surface area (TPSA) is 71.1 Å². The second-order valence-corrected chi connectivity index (χ2v) is 7.90. The van der Waals surface area contributed by atoms with Crippen molar-refractivity contribution < 1.29 is 17.9 Å². The summed E-state index contributed by atoms with van der Waals surface area (Å²) in [6.07, 6.45) is 0. The highest BCUT2D eigenvalue weighted by molar-refractivity contribution is 7.89. The molecule has 3 rings (SSSR count). The van der Waals surface area contributed by atoms with E-state index >= 15 is 0 Å². The van der Waals surface area contributed by atoms with E-state index in [0.717, 1.165) is 18.8 Å². The fourth-order valence-corrected chi connectivity index (χ4v) is 4.32. The SMILES string of the molecule is O=S(=O)(c1ccc(NC(=S)N2CCOCC2)cc1)N1CCOCC1. The van der Waals surface area contributed by atoms with Crippen LogP contribution in [0.1, 0.15) is 0 Å². The van der Waals surface area contributed by atoms with Gasteiger partial charge in [0.2, 0.25) is 10.0 Å². The molecular formula is C15H21N3O4S2. The molecule has 0 aliphatic carbocycles. The molecule has 132 valence electrons. The van der Waals surface area contributed by atoms with Gasteiger partial charge in [-0.1, -0.05) is 0 Å². The number of hydrogen-bond donors (Lipinski definition) is 1. The van der Waals surface area contributed by atoms with Gasteiger partial charge in [0.05, 0.1) is 31.3 Å². The van der Waals surface area contributed by atoms with Crippen LogP contribution in [0.15, 0.2) is 29.2 Å². The number of hydrogen-bond acceptors (Lipinski definition) is 5. The molecule has 2 fully saturated rings. The first kappa shape index (κ1) is 17.6. The van der Waals surface area contributed by atoms with Crippen LogP contribution in [0.2, 0.25) is 0 Å². The fraction of sp³-hybridized carbons (Fsp3) is 0.533. The van der Waals surface area contributed by atoms with Crippen LogP contribution in [-0.2, 0) is 19.5 Å². The van der Waals surface area contributed by atoms with E-state index < -0.39 is 10.0 Å². The maximum atomic E-state index is 12.6. The zero-order valence-corrected chi connectivity index (χ0v) is 14.9. The van der Waals surface area contributed by atoms with E-state index in [0.29, 0.717) is 44.6 Å². The smallest absolute Gasteiger partial charge is 0.243 e. The van der Waals surface area contributed by atoms with Gasteiger partial charge in [-0.2, -0.15) is 4.31 Å². The zero-order valence-electron chi connectivity index (χ0n) is 13.3. The Morgan fingerprint density at radius 1 is 0.958 bits per heavy atom. The normalized spacial score (nSPS) is 19.9. The van der Waals surface area contributed by atoms with E-state index in [1.807, 2.05) is 4.90 Å².